The molecule has 0 bridgehead atoms. The van der Waals surface area contributed by atoms with Crippen LogP contribution in [0, 0.1) is 13.8 Å². The minimum atomic E-state index is -0.623. The summed E-state index contributed by atoms with van der Waals surface area (Å²) in [6.45, 7) is 3.71. The van der Waals surface area contributed by atoms with Crippen molar-refractivity contribution in [2.75, 3.05) is 21.3 Å². The van der Waals surface area contributed by atoms with Crippen molar-refractivity contribution in [2.45, 2.75) is 13.8 Å². The monoisotopic (exact) mass is 460 g/mol. The summed E-state index contributed by atoms with van der Waals surface area (Å²) in [6.07, 6.45) is 1.70. The molecule has 4 rings (SSSR count). The van der Waals surface area contributed by atoms with Gasteiger partial charge in [0.1, 0.15) is 11.5 Å². The summed E-state index contributed by atoms with van der Waals surface area (Å²) < 4.78 is 27.4. The minimum Gasteiger partial charge on any atom is -0.493 e. The minimum absolute atomic E-state index is 0.214. The smallest absolute Gasteiger partial charge is 0.343 e. The number of ether oxygens (including phenoxy) is 5. The molecule has 34 heavy (non-hydrogen) atoms. The third-order valence-electron chi connectivity index (χ3n) is 5.48. The van der Waals surface area contributed by atoms with E-state index in [4.69, 9.17) is 23.7 Å². The molecule has 0 radical (unpaired) electrons. The van der Waals surface area contributed by atoms with Crippen LogP contribution in [0.3, 0.4) is 0 Å². The van der Waals surface area contributed by atoms with E-state index in [-0.39, 0.29) is 22.9 Å². The fraction of sp³-hybridized carbons (Fsp3) is 0.185. The number of Topliss-reactive ketones (excluding diaryl/α,β-unsaturated/α-hetero) is 1. The van der Waals surface area contributed by atoms with Crippen LogP contribution in [0.2, 0.25) is 0 Å². The molecule has 1 heterocycles. The Balaban J connectivity index is 1.62. The van der Waals surface area contributed by atoms with E-state index in [0.717, 1.165) is 11.1 Å². The second kappa shape index (κ2) is 9.31. The van der Waals surface area contributed by atoms with E-state index < -0.39 is 5.97 Å². The van der Waals surface area contributed by atoms with Crippen molar-refractivity contribution in [3.63, 3.8) is 0 Å². The van der Waals surface area contributed by atoms with E-state index in [9.17, 15) is 9.59 Å². The number of benzene rings is 3. The van der Waals surface area contributed by atoms with Gasteiger partial charge in [0.15, 0.2) is 17.3 Å². The summed E-state index contributed by atoms with van der Waals surface area (Å²) in [5.41, 5.74) is 3.12. The SMILES string of the molecule is COc1cc(C(=O)Oc2ccc3c(c2C)O/C(=C\c2cccc(C)c2)C3=O)cc(OC)c1OC. The molecule has 0 unspecified atom stereocenters. The molecular formula is C27H24O7. The zero-order chi connectivity index (χ0) is 24.4. The Morgan fingerprint density at radius 1 is 0.882 bits per heavy atom. The zero-order valence-electron chi connectivity index (χ0n) is 19.6. The van der Waals surface area contributed by atoms with Gasteiger partial charge in [-0.1, -0.05) is 29.8 Å². The van der Waals surface area contributed by atoms with Crippen molar-refractivity contribution in [3.05, 3.63) is 82.1 Å². The van der Waals surface area contributed by atoms with Gasteiger partial charge in [-0.25, -0.2) is 4.79 Å². The number of fused-ring (bicyclic) bond motifs is 1. The number of hydrogen-bond acceptors (Lipinski definition) is 7. The number of carbonyl (C=O) groups is 2. The predicted octanol–water partition coefficient (Wildman–Crippen LogP) is 5.16. The van der Waals surface area contributed by atoms with Crippen LogP contribution < -0.4 is 23.7 Å². The molecule has 0 spiro atoms. The van der Waals surface area contributed by atoms with Crippen molar-refractivity contribution in [3.8, 4) is 28.7 Å². The fourth-order valence-corrected chi connectivity index (χ4v) is 3.75. The van der Waals surface area contributed by atoms with Crippen molar-refractivity contribution in [2.24, 2.45) is 0 Å². The Labute approximate surface area is 197 Å². The number of hydrogen-bond donors (Lipinski definition) is 0. The van der Waals surface area contributed by atoms with Crippen molar-refractivity contribution >= 4 is 17.8 Å². The molecule has 0 aliphatic carbocycles. The third kappa shape index (κ3) is 4.20. The van der Waals surface area contributed by atoms with Crippen LogP contribution in [0.4, 0.5) is 0 Å². The largest absolute Gasteiger partial charge is 0.493 e. The van der Waals surface area contributed by atoms with E-state index in [1.165, 1.54) is 33.5 Å². The van der Waals surface area contributed by atoms with Gasteiger partial charge in [-0.05, 0) is 49.8 Å². The van der Waals surface area contributed by atoms with E-state index in [2.05, 4.69) is 0 Å². The number of aryl methyl sites for hydroxylation is 1. The van der Waals surface area contributed by atoms with Crippen LogP contribution in [0.5, 0.6) is 28.7 Å². The Kier molecular flexibility index (Phi) is 6.27. The van der Waals surface area contributed by atoms with E-state index >= 15 is 0 Å². The third-order valence-corrected chi connectivity index (χ3v) is 5.48. The average molecular weight is 460 g/mol. The van der Waals surface area contributed by atoms with E-state index in [1.807, 2.05) is 31.2 Å². The van der Waals surface area contributed by atoms with Crippen LogP contribution in [0.15, 0.2) is 54.3 Å². The molecule has 0 saturated carbocycles. The highest BCUT2D eigenvalue weighted by molar-refractivity contribution is 6.15. The Morgan fingerprint density at radius 2 is 1.59 bits per heavy atom. The van der Waals surface area contributed by atoms with Crippen LogP contribution in [0.25, 0.3) is 6.08 Å². The molecule has 0 saturated heterocycles. The number of methoxy groups -OCH3 is 3. The number of carbonyl (C=O) groups excluding carboxylic acids is 2. The molecule has 0 aromatic heterocycles. The maximum Gasteiger partial charge on any atom is 0.343 e. The Morgan fingerprint density at radius 3 is 2.21 bits per heavy atom. The lowest BCUT2D eigenvalue weighted by Crippen LogP contribution is -2.10. The molecule has 0 amide bonds. The van der Waals surface area contributed by atoms with Crippen LogP contribution >= 0.6 is 0 Å². The molecule has 0 N–H and O–H groups in total. The quantitative estimate of drug-likeness (QED) is 0.285. The maximum absolute atomic E-state index is 12.9. The first-order valence-corrected chi connectivity index (χ1v) is 10.5. The average Bonchev–Trinajstić information content (AvgIpc) is 3.15. The molecule has 0 atom stereocenters. The summed E-state index contributed by atoms with van der Waals surface area (Å²) >= 11 is 0. The van der Waals surface area contributed by atoms with Gasteiger partial charge in [0.05, 0.1) is 32.5 Å². The molecule has 3 aromatic carbocycles. The molecule has 3 aromatic rings. The molecule has 0 fully saturated rings. The highest BCUT2D eigenvalue weighted by Crippen LogP contribution is 2.41. The topological polar surface area (TPSA) is 80.3 Å². The van der Waals surface area contributed by atoms with Gasteiger partial charge in [0, 0.05) is 5.56 Å². The van der Waals surface area contributed by atoms with E-state index in [1.54, 1.807) is 25.1 Å². The van der Waals surface area contributed by atoms with Gasteiger partial charge in [-0.15, -0.1) is 0 Å². The van der Waals surface area contributed by atoms with Gasteiger partial charge in [0.25, 0.3) is 0 Å². The van der Waals surface area contributed by atoms with Crippen LogP contribution in [-0.2, 0) is 0 Å². The van der Waals surface area contributed by atoms with Crippen molar-refractivity contribution < 1.29 is 33.3 Å². The van der Waals surface area contributed by atoms with Crippen molar-refractivity contribution in [1.29, 1.82) is 0 Å². The molecular weight excluding hydrogens is 436 g/mol. The van der Waals surface area contributed by atoms with Crippen LogP contribution in [0.1, 0.15) is 37.4 Å². The highest BCUT2D eigenvalue weighted by Gasteiger charge is 2.31. The molecule has 7 nitrogen and oxygen atoms in total. The van der Waals surface area contributed by atoms with Gasteiger partial charge in [-0.3, -0.25) is 4.79 Å². The van der Waals surface area contributed by atoms with Gasteiger partial charge < -0.3 is 23.7 Å². The van der Waals surface area contributed by atoms with Gasteiger partial charge in [0.2, 0.25) is 11.5 Å². The standard InChI is InChI=1S/C27H24O7/c1-15-7-6-8-17(11-15)12-21-24(28)19-9-10-20(16(2)25(19)33-21)34-27(29)18-13-22(30-3)26(32-5)23(14-18)31-4/h6-14H,1-5H3/b21-12-. The first kappa shape index (κ1) is 22.9. The van der Waals surface area contributed by atoms with Gasteiger partial charge >= 0.3 is 5.97 Å². The fourth-order valence-electron chi connectivity index (χ4n) is 3.75. The number of esters is 1. The first-order valence-electron chi connectivity index (χ1n) is 10.5. The Hall–Kier alpha value is -4.26. The predicted molar refractivity (Wildman–Crippen MR) is 126 cm³/mol. The summed E-state index contributed by atoms with van der Waals surface area (Å²) in [5.74, 6) is 1.07. The number of rotatable bonds is 6. The molecule has 174 valence electrons. The lowest BCUT2D eigenvalue weighted by atomic mass is 10.1. The lowest BCUT2D eigenvalue weighted by molar-refractivity contribution is 0.0732. The summed E-state index contributed by atoms with van der Waals surface area (Å²) in [6, 6.07) is 14.0. The number of ketones is 1. The summed E-state index contributed by atoms with van der Waals surface area (Å²) in [4.78, 5) is 25.8. The van der Waals surface area contributed by atoms with Crippen molar-refractivity contribution in [1.82, 2.24) is 0 Å². The van der Waals surface area contributed by atoms with Gasteiger partial charge in [-0.2, -0.15) is 0 Å². The second-order valence-electron chi connectivity index (χ2n) is 7.72. The number of allylic oxidation sites excluding steroid dienone is 1. The summed E-state index contributed by atoms with van der Waals surface area (Å²) in [5, 5.41) is 0. The Bertz CT molecular complexity index is 1300. The first-order chi connectivity index (χ1) is 16.4. The van der Waals surface area contributed by atoms with Crippen LogP contribution in [-0.4, -0.2) is 33.1 Å². The normalized spacial score (nSPS) is 13.3. The van der Waals surface area contributed by atoms with E-state index in [0.29, 0.717) is 34.1 Å². The zero-order valence-corrected chi connectivity index (χ0v) is 19.6. The summed E-state index contributed by atoms with van der Waals surface area (Å²) in [7, 11) is 4.41. The maximum atomic E-state index is 12.9. The molecule has 7 heteroatoms. The molecule has 1 aliphatic rings. The lowest BCUT2D eigenvalue weighted by Gasteiger charge is -2.14. The highest BCUT2D eigenvalue weighted by atomic mass is 16.5. The molecule has 1 aliphatic heterocycles. The second-order valence-corrected chi connectivity index (χ2v) is 7.72.